The predicted octanol–water partition coefficient (Wildman–Crippen LogP) is 3.96. The van der Waals surface area contributed by atoms with E-state index in [1.54, 1.807) is 12.1 Å². The molecule has 23 heavy (non-hydrogen) atoms. The van der Waals surface area contributed by atoms with Gasteiger partial charge in [-0.25, -0.2) is 5.43 Å². The highest BCUT2D eigenvalue weighted by Crippen LogP contribution is 2.25. The SMILES string of the molecule is O=C(N/N=C/c1cc(Br)c(Br)o1)c1cc(-c2ccccc2)n[nH]1. The number of halogens is 2. The Hall–Kier alpha value is -2.19. The molecule has 0 saturated carbocycles. The maximum Gasteiger partial charge on any atom is 0.289 e. The number of hydrazone groups is 1. The number of aromatic amines is 1. The van der Waals surface area contributed by atoms with Crippen LogP contribution in [-0.2, 0) is 0 Å². The fourth-order valence-corrected chi connectivity index (χ4v) is 2.44. The standard InChI is InChI=1S/C15H10Br2N4O2/c16-11-6-10(23-14(11)17)8-18-21-15(22)13-7-12(19-20-13)9-4-2-1-3-5-9/h1-8H,(H,19,20)(H,21,22)/b18-8+. The van der Waals surface area contributed by atoms with Gasteiger partial charge in [-0.2, -0.15) is 10.2 Å². The molecular formula is C15H10Br2N4O2. The largest absolute Gasteiger partial charge is 0.447 e. The monoisotopic (exact) mass is 436 g/mol. The Bertz CT molecular complexity index is 836. The lowest BCUT2D eigenvalue weighted by Crippen LogP contribution is -2.17. The average Bonchev–Trinajstić information content (AvgIpc) is 3.16. The van der Waals surface area contributed by atoms with Crippen molar-refractivity contribution in [3.63, 3.8) is 0 Å². The molecule has 8 heteroatoms. The summed E-state index contributed by atoms with van der Waals surface area (Å²) in [6.07, 6.45) is 1.40. The molecule has 0 aliphatic rings. The van der Waals surface area contributed by atoms with Crippen molar-refractivity contribution < 1.29 is 9.21 Å². The number of rotatable bonds is 4. The van der Waals surface area contributed by atoms with Gasteiger partial charge in [0.1, 0.15) is 11.5 Å². The molecule has 0 aliphatic carbocycles. The summed E-state index contributed by atoms with van der Waals surface area (Å²) in [4.78, 5) is 12.0. The predicted molar refractivity (Wildman–Crippen MR) is 93.2 cm³/mol. The zero-order valence-electron chi connectivity index (χ0n) is 11.6. The van der Waals surface area contributed by atoms with Crippen LogP contribution in [0.5, 0.6) is 0 Å². The lowest BCUT2D eigenvalue weighted by Gasteiger charge is -1.94. The first-order chi connectivity index (χ1) is 11.1. The molecule has 0 unspecified atom stereocenters. The fourth-order valence-electron chi connectivity index (χ4n) is 1.84. The third kappa shape index (κ3) is 3.77. The molecule has 0 bridgehead atoms. The summed E-state index contributed by atoms with van der Waals surface area (Å²) < 4.78 is 6.64. The lowest BCUT2D eigenvalue weighted by atomic mass is 10.1. The van der Waals surface area contributed by atoms with E-state index >= 15 is 0 Å². The Morgan fingerprint density at radius 1 is 1.26 bits per heavy atom. The van der Waals surface area contributed by atoms with Gasteiger partial charge in [-0.05, 0) is 37.9 Å². The molecule has 0 aliphatic heterocycles. The summed E-state index contributed by atoms with van der Waals surface area (Å²) in [6.45, 7) is 0. The number of furan rings is 1. The number of hydrogen-bond acceptors (Lipinski definition) is 4. The van der Waals surface area contributed by atoms with Crippen LogP contribution in [0.15, 0.2) is 61.1 Å². The number of amides is 1. The van der Waals surface area contributed by atoms with Crippen molar-refractivity contribution in [3.05, 3.63) is 63.1 Å². The molecule has 0 saturated heterocycles. The fraction of sp³-hybridized carbons (Fsp3) is 0. The number of benzene rings is 1. The van der Waals surface area contributed by atoms with Crippen LogP contribution >= 0.6 is 31.9 Å². The molecule has 2 aromatic heterocycles. The van der Waals surface area contributed by atoms with Crippen molar-refractivity contribution in [2.45, 2.75) is 0 Å². The number of nitrogens with one attached hydrogen (secondary N) is 2. The highest BCUT2D eigenvalue weighted by atomic mass is 79.9. The lowest BCUT2D eigenvalue weighted by molar-refractivity contribution is 0.0950. The molecule has 1 amide bonds. The van der Waals surface area contributed by atoms with Gasteiger partial charge in [0.2, 0.25) is 0 Å². The van der Waals surface area contributed by atoms with E-state index in [4.69, 9.17) is 4.42 Å². The minimum atomic E-state index is -0.388. The normalized spacial score (nSPS) is 11.0. The van der Waals surface area contributed by atoms with Crippen LogP contribution in [0.25, 0.3) is 11.3 Å². The maximum atomic E-state index is 12.0. The van der Waals surface area contributed by atoms with Gasteiger partial charge in [0.25, 0.3) is 5.91 Å². The summed E-state index contributed by atoms with van der Waals surface area (Å²) in [5.74, 6) is 0.110. The van der Waals surface area contributed by atoms with E-state index in [0.29, 0.717) is 21.8 Å². The zero-order chi connectivity index (χ0) is 16.2. The first-order valence-corrected chi connectivity index (χ1v) is 8.11. The summed E-state index contributed by atoms with van der Waals surface area (Å²) in [5, 5.41) is 10.7. The van der Waals surface area contributed by atoms with Crippen LogP contribution in [0.3, 0.4) is 0 Å². The quantitative estimate of drug-likeness (QED) is 0.478. The summed E-state index contributed by atoms with van der Waals surface area (Å²) in [5.41, 5.74) is 4.35. The summed E-state index contributed by atoms with van der Waals surface area (Å²) >= 11 is 6.52. The Morgan fingerprint density at radius 2 is 2.04 bits per heavy atom. The molecule has 2 heterocycles. The Morgan fingerprint density at radius 3 is 2.74 bits per heavy atom. The van der Waals surface area contributed by atoms with Crippen LogP contribution in [-0.4, -0.2) is 22.3 Å². The van der Waals surface area contributed by atoms with Crippen LogP contribution in [0.4, 0.5) is 0 Å². The minimum absolute atomic E-state index is 0.322. The smallest absolute Gasteiger partial charge is 0.289 e. The number of carbonyl (C=O) groups is 1. The van der Waals surface area contributed by atoms with Crippen LogP contribution in [0.2, 0.25) is 0 Å². The topological polar surface area (TPSA) is 83.3 Å². The van der Waals surface area contributed by atoms with Crippen molar-refractivity contribution >= 4 is 44.0 Å². The maximum absolute atomic E-state index is 12.0. The Kier molecular flexibility index (Phi) is 4.73. The van der Waals surface area contributed by atoms with Gasteiger partial charge in [0, 0.05) is 11.6 Å². The molecule has 0 radical (unpaired) electrons. The number of aromatic nitrogens is 2. The first-order valence-electron chi connectivity index (χ1n) is 6.52. The second-order valence-electron chi connectivity index (χ2n) is 4.50. The van der Waals surface area contributed by atoms with E-state index in [0.717, 1.165) is 10.0 Å². The number of H-pyrrole nitrogens is 1. The summed E-state index contributed by atoms with van der Waals surface area (Å²) in [7, 11) is 0. The van der Waals surface area contributed by atoms with Crippen LogP contribution in [0, 0.1) is 0 Å². The molecule has 0 fully saturated rings. The number of nitrogens with zero attached hydrogens (tertiary/aromatic N) is 2. The highest BCUT2D eigenvalue weighted by Gasteiger charge is 2.10. The molecular weight excluding hydrogens is 428 g/mol. The van der Waals surface area contributed by atoms with Crippen LogP contribution in [0.1, 0.15) is 16.2 Å². The van der Waals surface area contributed by atoms with Crippen LogP contribution < -0.4 is 5.43 Å². The van der Waals surface area contributed by atoms with Gasteiger partial charge in [-0.15, -0.1) is 0 Å². The molecule has 0 spiro atoms. The van der Waals surface area contributed by atoms with E-state index in [1.165, 1.54) is 6.21 Å². The van der Waals surface area contributed by atoms with Crippen molar-refractivity contribution in [1.29, 1.82) is 0 Å². The van der Waals surface area contributed by atoms with E-state index in [1.807, 2.05) is 30.3 Å². The molecule has 1 aromatic carbocycles. The molecule has 3 rings (SSSR count). The van der Waals surface area contributed by atoms with Crippen molar-refractivity contribution in [3.8, 4) is 11.3 Å². The molecule has 0 atom stereocenters. The third-order valence-corrected chi connectivity index (χ3v) is 4.62. The second kappa shape index (κ2) is 6.93. The Balaban J connectivity index is 1.66. The first kappa shape index (κ1) is 15.7. The molecule has 3 aromatic rings. The number of carbonyl (C=O) groups excluding carboxylic acids is 1. The third-order valence-electron chi connectivity index (χ3n) is 2.91. The van der Waals surface area contributed by atoms with E-state index in [-0.39, 0.29) is 5.91 Å². The summed E-state index contributed by atoms with van der Waals surface area (Å²) in [6, 6.07) is 13.0. The number of hydrogen-bond donors (Lipinski definition) is 2. The van der Waals surface area contributed by atoms with E-state index in [9.17, 15) is 4.79 Å². The second-order valence-corrected chi connectivity index (χ2v) is 6.08. The van der Waals surface area contributed by atoms with Crippen molar-refractivity contribution in [1.82, 2.24) is 15.6 Å². The van der Waals surface area contributed by atoms with E-state index in [2.05, 4.69) is 52.6 Å². The van der Waals surface area contributed by atoms with Gasteiger partial charge in [0.15, 0.2) is 4.67 Å². The average molecular weight is 438 g/mol. The van der Waals surface area contributed by atoms with Gasteiger partial charge < -0.3 is 4.42 Å². The Labute approximate surface area is 148 Å². The van der Waals surface area contributed by atoms with Gasteiger partial charge in [-0.3, -0.25) is 9.89 Å². The van der Waals surface area contributed by atoms with Gasteiger partial charge >= 0.3 is 0 Å². The van der Waals surface area contributed by atoms with Gasteiger partial charge in [0.05, 0.1) is 16.4 Å². The molecule has 6 nitrogen and oxygen atoms in total. The molecule has 116 valence electrons. The van der Waals surface area contributed by atoms with E-state index < -0.39 is 0 Å². The zero-order valence-corrected chi connectivity index (χ0v) is 14.8. The van der Waals surface area contributed by atoms with Gasteiger partial charge in [-0.1, -0.05) is 30.3 Å². The highest BCUT2D eigenvalue weighted by molar-refractivity contribution is 9.13. The van der Waals surface area contributed by atoms with Crippen molar-refractivity contribution in [2.24, 2.45) is 5.10 Å². The van der Waals surface area contributed by atoms with Crippen molar-refractivity contribution in [2.75, 3.05) is 0 Å². The minimum Gasteiger partial charge on any atom is -0.447 e. The molecule has 2 N–H and O–H groups in total.